The Bertz CT molecular complexity index is 1090. The van der Waals surface area contributed by atoms with Gasteiger partial charge in [0.2, 0.25) is 0 Å². The van der Waals surface area contributed by atoms with Crippen molar-refractivity contribution in [3.63, 3.8) is 0 Å². The number of nitrogens with one attached hydrogen (secondary N) is 1. The van der Waals surface area contributed by atoms with E-state index in [0.29, 0.717) is 35.8 Å². The molecule has 1 aromatic carbocycles. The van der Waals surface area contributed by atoms with E-state index in [4.69, 9.17) is 11.6 Å². The highest BCUT2D eigenvalue weighted by Crippen LogP contribution is 2.22. The highest BCUT2D eigenvalue weighted by atomic mass is 35.5. The molecule has 162 valence electrons. The van der Waals surface area contributed by atoms with Crippen LogP contribution < -0.4 is 5.32 Å². The van der Waals surface area contributed by atoms with Crippen molar-refractivity contribution >= 4 is 34.8 Å². The summed E-state index contributed by atoms with van der Waals surface area (Å²) in [6, 6.07) is 9.58. The van der Waals surface area contributed by atoms with Crippen molar-refractivity contribution in [2.45, 2.75) is 39.3 Å². The Hall–Kier alpha value is -2.64. The number of rotatable bonds is 5. The van der Waals surface area contributed by atoms with Gasteiger partial charge in [-0.15, -0.1) is 0 Å². The van der Waals surface area contributed by atoms with E-state index in [0.717, 1.165) is 29.8 Å². The van der Waals surface area contributed by atoms with Crippen molar-refractivity contribution in [1.82, 2.24) is 20.0 Å². The number of thiophene rings is 1. The Kier molecular flexibility index (Phi) is 6.43. The number of likely N-dealkylation sites (tertiary alicyclic amines) is 1. The van der Waals surface area contributed by atoms with Crippen LogP contribution in [0.25, 0.3) is 0 Å². The van der Waals surface area contributed by atoms with Crippen LogP contribution in [0, 0.1) is 13.8 Å². The van der Waals surface area contributed by atoms with Crippen LogP contribution in [-0.2, 0) is 6.54 Å². The van der Waals surface area contributed by atoms with Crippen molar-refractivity contribution in [1.29, 1.82) is 0 Å². The largest absolute Gasteiger partial charge is 0.349 e. The predicted molar refractivity (Wildman–Crippen MR) is 123 cm³/mol. The molecule has 0 unspecified atom stereocenters. The fraction of sp³-hybridized carbons (Fsp3) is 0.348. The van der Waals surface area contributed by atoms with Gasteiger partial charge < -0.3 is 10.2 Å². The van der Waals surface area contributed by atoms with Crippen molar-refractivity contribution in [2.24, 2.45) is 0 Å². The maximum Gasteiger partial charge on any atom is 0.257 e. The van der Waals surface area contributed by atoms with E-state index in [-0.39, 0.29) is 17.9 Å². The van der Waals surface area contributed by atoms with Crippen LogP contribution in [0.2, 0.25) is 5.02 Å². The first kappa shape index (κ1) is 21.6. The summed E-state index contributed by atoms with van der Waals surface area (Å²) in [7, 11) is 0. The highest BCUT2D eigenvalue weighted by Gasteiger charge is 2.28. The van der Waals surface area contributed by atoms with Crippen molar-refractivity contribution in [3.05, 3.63) is 74.2 Å². The Balaban J connectivity index is 1.40. The zero-order valence-electron chi connectivity index (χ0n) is 17.6. The second kappa shape index (κ2) is 9.24. The topological polar surface area (TPSA) is 67.2 Å². The second-order valence-electron chi connectivity index (χ2n) is 7.85. The molecule has 1 N–H and O–H groups in total. The van der Waals surface area contributed by atoms with Crippen LogP contribution in [0.1, 0.15) is 50.5 Å². The lowest BCUT2D eigenvalue weighted by Gasteiger charge is -2.32. The highest BCUT2D eigenvalue weighted by molar-refractivity contribution is 7.08. The quantitative estimate of drug-likeness (QED) is 0.622. The molecule has 1 aliphatic rings. The third-order valence-corrected chi connectivity index (χ3v) is 6.83. The van der Waals surface area contributed by atoms with Crippen molar-refractivity contribution in [3.8, 4) is 0 Å². The number of piperidine rings is 1. The van der Waals surface area contributed by atoms with Gasteiger partial charge in [0.1, 0.15) is 0 Å². The van der Waals surface area contributed by atoms with Crippen LogP contribution in [0.15, 0.2) is 41.1 Å². The Morgan fingerprint density at radius 2 is 1.94 bits per heavy atom. The average molecular weight is 457 g/mol. The summed E-state index contributed by atoms with van der Waals surface area (Å²) < 4.78 is 1.84. The molecule has 8 heteroatoms. The lowest BCUT2D eigenvalue weighted by molar-refractivity contribution is 0.0696. The summed E-state index contributed by atoms with van der Waals surface area (Å²) in [5, 5.41) is 12.1. The predicted octanol–water partition coefficient (Wildman–Crippen LogP) is 4.30. The first-order chi connectivity index (χ1) is 14.9. The lowest BCUT2D eigenvalue weighted by Crippen LogP contribution is -2.46. The second-order valence-corrected chi connectivity index (χ2v) is 9.03. The molecule has 1 aliphatic heterocycles. The zero-order chi connectivity index (χ0) is 22.0. The van der Waals surface area contributed by atoms with Gasteiger partial charge in [0.15, 0.2) is 0 Å². The van der Waals surface area contributed by atoms with E-state index in [9.17, 15) is 9.59 Å². The summed E-state index contributed by atoms with van der Waals surface area (Å²) in [4.78, 5) is 27.4. The number of carbonyl (C=O) groups is 2. The Labute approximate surface area is 190 Å². The minimum atomic E-state index is -0.0430. The van der Waals surface area contributed by atoms with Gasteiger partial charge in [0.25, 0.3) is 11.8 Å². The first-order valence-corrected chi connectivity index (χ1v) is 11.7. The zero-order valence-corrected chi connectivity index (χ0v) is 19.2. The molecular weight excluding hydrogens is 432 g/mol. The van der Waals surface area contributed by atoms with Crippen molar-refractivity contribution < 1.29 is 9.59 Å². The summed E-state index contributed by atoms with van der Waals surface area (Å²) in [5.41, 5.74) is 3.89. The Morgan fingerprint density at radius 1 is 1.19 bits per heavy atom. The van der Waals surface area contributed by atoms with Crippen LogP contribution in [0.4, 0.5) is 0 Å². The van der Waals surface area contributed by atoms with Gasteiger partial charge in [0, 0.05) is 40.8 Å². The molecule has 3 heterocycles. The average Bonchev–Trinajstić information content (AvgIpc) is 3.39. The number of carbonyl (C=O) groups excluding carboxylic acids is 2. The number of aromatic nitrogens is 2. The van der Waals surface area contributed by atoms with Crippen LogP contribution in [0.3, 0.4) is 0 Å². The summed E-state index contributed by atoms with van der Waals surface area (Å²) in [5.74, 6) is -0.0402. The first-order valence-electron chi connectivity index (χ1n) is 10.3. The van der Waals surface area contributed by atoms with Crippen molar-refractivity contribution in [2.75, 3.05) is 13.1 Å². The van der Waals surface area contributed by atoms with Crippen LogP contribution in [0.5, 0.6) is 0 Å². The van der Waals surface area contributed by atoms with Gasteiger partial charge in [-0.2, -0.15) is 16.4 Å². The minimum Gasteiger partial charge on any atom is -0.349 e. The number of hydrogen-bond donors (Lipinski definition) is 1. The summed E-state index contributed by atoms with van der Waals surface area (Å²) >= 11 is 7.80. The molecule has 0 bridgehead atoms. The summed E-state index contributed by atoms with van der Waals surface area (Å²) in [6.07, 6.45) is 1.49. The van der Waals surface area contributed by atoms with Gasteiger partial charge in [-0.1, -0.05) is 29.8 Å². The maximum absolute atomic E-state index is 13.3. The molecule has 31 heavy (non-hydrogen) atoms. The third kappa shape index (κ3) is 4.67. The molecule has 1 saturated heterocycles. The molecule has 6 nitrogen and oxygen atoms in total. The van der Waals surface area contributed by atoms with E-state index in [2.05, 4.69) is 10.4 Å². The molecule has 0 saturated carbocycles. The fourth-order valence-corrected chi connectivity index (χ4v) is 4.83. The third-order valence-electron chi connectivity index (χ3n) is 5.77. The van der Waals surface area contributed by atoms with E-state index in [1.807, 2.05) is 64.5 Å². The smallest absolute Gasteiger partial charge is 0.257 e. The number of benzene rings is 1. The fourth-order valence-electron chi connectivity index (χ4n) is 4.00. The molecule has 1 fully saturated rings. The molecule has 0 atom stereocenters. The number of aryl methyl sites for hydroxylation is 1. The molecular formula is C23H25ClN4O2S. The number of hydrogen-bond acceptors (Lipinski definition) is 4. The number of amides is 2. The van der Waals surface area contributed by atoms with E-state index >= 15 is 0 Å². The summed E-state index contributed by atoms with van der Waals surface area (Å²) in [6.45, 7) is 5.55. The van der Waals surface area contributed by atoms with Gasteiger partial charge >= 0.3 is 0 Å². The normalized spacial score (nSPS) is 14.6. The SMILES string of the molecule is Cc1nn(Cc2ccccc2Cl)c(C)c1C(=O)N1CCC(NC(=O)c2ccsc2)CC1. The van der Waals surface area contributed by atoms with E-state index in [1.165, 1.54) is 11.3 Å². The van der Waals surface area contributed by atoms with Gasteiger partial charge in [-0.25, -0.2) is 0 Å². The van der Waals surface area contributed by atoms with Gasteiger partial charge in [-0.05, 0) is 49.8 Å². The molecule has 4 rings (SSSR count). The van der Waals surface area contributed by atoms with Crippen LogP contribution >= 0.6 is 22.9 Å². The monoisotopic (exact) mass is 456 g/mol. The molecule has 3 aromatic rings. The number of nitrogens with zero attached hydrogens (tertiary/aromatic N) is 3. The molecule has 0 radical (unpaired) electrons. The van der Waals surface area contributed by atoms with E-state index in [1.54, 1.807) is 0 Å². The minimum absolute atomic E-state index is 0.00280. The van der Waals surface area contributed by atoms with Gasteiger partial charge in [-0.3, -0.25) is 14.3 Å². The standard InChI is InChI=1S/C23H25ClN4O2S/c1-15-21(16(2)28(26-15)13-17-5-3-4-6-20(17)24)23(30)27-10-7-19(8-11-27)25-22(29)18-9-12-31-14-18/h3-6,9,12,14,19H,7-8,10-11,13H2,1-2H3,(H,25,29). The van der Waals surface area contributed by atoms with E-state index < -0.39 is 0 Å². The number of halogens is 1. The van der Waals surface area contributed by atoms with Gasteiger partial charge in [0.05, 0.1) is 17.8 Å². The lowest BCUT2D eigenvalue weighted by atomic mass is 10.0. The molecule has 0 aliphatic carbocycles. The Morgan fingerprint density at radius 3 is 2.61 bits per heavy atom. The molecule has 0 spiro atoms. The molecule has 2 amide bonds. The maximum atomic E-state index is 13.3. The van der Waals surface area contributed by atoms with Crippen LogP contribution in [-0.4, -0.2) is 45.6 Å². The molecule has 2 aromatic heterocycles.